The SMILES string of the molecule is CC(C)Oc1ccccc1Nc1cncc(C(=O)N2CCc3ccccc3C2)c1. The molecule has 0 radical (unpaired) electrons. The molecule has 0 unspecified atom stereocenters. The molecule has 3 aromatic rings. The van der Waals surface area contributed by atoms with E-state index in [9.17, 15) is 4.79 Å². The van der Waals surface area contributed by atoms with Crippen LogP contribution in [-0.2, 0) is 13.0 Å². The number of aromatic nitrogens is 1. The Morgan fingerprint density at radius 1 is 1.07 bits per heavy atom. The van der Waals surface area contributed by atoms with E-state index in [2.05, 4.69) is 28.5 Å². The topological polar surface area (TPSA) is 54.5 Å². The van der Waals surface area contributed by atoms with Gasteiger partial charge in [0.2, 0.25) is 0 Å². The number of nitrogens with zero attached hydrogens (tertiary/aromatic N) is 2. The van der Waals surface area contributed by atoms with Crippen LogP contribution < -0.4 is 10.1 Å². The molecule has 0 saturated heterocycles. The van der Waals surface area contributed by atoms with Crippen LogP contribution in [-0.4, -0.2) is 28.4 Å². The Balaban J connectivity index is 1.52. The maximum atomic E-state index is 13.1. The van der Waals surface area contributed by atoms with Crippen molar-refractivity contribution in [2.75, 3.05) is 11.9 Å². The molecule has 1 amide bonds. The third-order valence-corrected chi connectivity index (χ3v) is 4.93. The summed E-state index contributed by atoms with van der Waals surface area (Å²) in [6, 6.07) is 17.9. The summed E-state index contributed by atoms with van der Waals surface area (Å²) in [7, 11) is 0. The van der Waals surface area contributed by atoms with Crippen molar-refractivity contribution >= 4 is 17.3 Å². The van der Waals surface area contributed by atoms with Gasteiger partial charge in [-0.15, -0.1) is 0 Å². The molecule has 0 spiro atoms. The molecule has 5 nitrogen and oxygen atoms in total. The minimum absolute atomic E-state index is 0.00219. The Morgan fingerprint density at radius 2 is 1.83 bits per heavy atom. The van der Waals surface area contributed by atoms with E-state index in [4.69, 9.17) is 4.74 Å². The fourth-order valence-electron chi connectivity index (χ4n) is 3.56. The molecule has 1 aliphatic heterocycles. The van der Waals surface area contributed by atoms with Crippen molar-refractivity contribution in [1.82, 2.24) is 9.88 Å². The zero-order chi connectivity index (χ0) is 20.2. The lowest BCUT2D eigenvalue weighted by Crippen LogP contribution is -2.36. The van der Waals surface area contributed by atoms with Gasteiger partial charge in [0, 0.05) is 19.3 Å². The number of pyridine rings is 1. The molecule has 2 aromatic carbocycles. The third kappa shape index (κ3) is 4.40. The molecule has 148 valence electrons. The monoisotopic (exact) mass is 387 g/mol. The van der Waals surface area contributed by atoms with Crippen molar-refractivity contribution in [2.24, 2.45) is 0 Å². The maximum Gasteiger partial charge on any atom is 0.255 e. The van der Waals surface area contributed by atoms with Gasteiger partial charge in [0.05, 0.1) is 29.2 Å². The second-order valence-corrected chi connectivity index (χ2v) is 7.50. The van der Waals surface area contributed by atoms with E-state index in [-0.39, 0.29) is 12.0 Å². The molecular formula is C24H25N3O2. The van der Waals surface area contributed by atoms with Crippen LogP contribution in [0, 0.1) is 0 Å². The first-order chi connectivity index (χ1) is 14.1. The first kappa shape index (κ1) is 19.0. The van der Waals surface area contributed by atoms with Gasteiger partial charge in [-0.2, -0.15) is 0 Å². The van der Waals surface area contributed by atoms with Crippen LogP contribution in [0.1, 0.15) is 35.3 Å². The largest absolute Gasteiger partial charge is 0.489 e. The third-order valence-electron chi connectivity index (χ3n) is 4.93. The summed E-state index contributed by atoms with van der Waals surface area (Å²) in [6.07, 6.45) is 4.30. The quantitative estimate of drug-likeness (QED) is 0.683. The Labute approximate surface area is 171 Å². The normalized spacial score (nSPS) is 13.1. The summed E-state index contributed by atoms with van der Waals surface area (Å²) < 4.78 is 5.87. The molecule has 0 aliphatic carbocycles. The number of amides is 1. The highest BCUT2D eigenvalue weighted by Crippen LogP contribution is 2.28. The van der Waals surface area contributed by atoms with Gasteiger partial charge < -0.3 is 15.0 Å². The zero-order valence-corrected chi connectivity index (χ0v) is 16.8. The predicted molar refractivity (Wildman–Crippen MR) is 115 cm³/mol. The second kappa shape index (κ2) is 8.35. The van der Waals surface area contributed by atoms with E-state index in [0.717, 1.165) is 30.1 Å². The van der Waals surface area contributed by atoms with E-state index in [1.54, 1.807) is 12.4 Å². The number of nitrogens with one attached hydrogen (secondary N) is 1. The minimum atomic E-state index is 0.00219. The van der Waals surface area contributed by atoms with Gasteiger partial charge in [-0.3, -0.25) is 9.78 Å². The van der Waals surface area contributed by atoms with Crippen molar-refractivity contribution in [3.63, 3.8) is 0 Å². The average Bonchev–Trinajstić information content (AvgIpc) is 2.74. The van der Waals surface area contributed by atoms with Crippen LogP contribution in [0.25, 0.3) is 0 Å². The Bertz CT molecular complexity index is 1020. The summed E-state index contributed by atoms with van der Waals surface area (Å²) >= 11 is 0. The summed E-state index contributed by atoms with van der Waals surface area (Å²) in [6.45, 7) is 5.35. The highest BCUT2D eigenvalue weighted by molar-refractivity contribution is 5.95. The van der Waals surface area contributed by atoms with Gasteiger partial charge in [0.25, 0.3) is 5.91 Å². The summed E-state index contributed by atoms with van der Waals surface area (Å²) in [4.78, 5) is 19.2. The van der Waals surface area contributed by atoms with Crippen molar-refractivity contribution in [3.8, 4) is 5.75 Å². The summed E-state index contributed by atoms with van der Waals surface area (Å²) in [5.41, 5.74) is 4.73. The Kier molecular flexibility index (Phi) is 5.47. The molecule has 4 rings (SSSR count). The number of carbonyl (C=O) groups is 1. The van der Waals surface area contributed by atoms with Crippen LogP contribution in [0.2, 0.25) is 0 Å². The Morgan fingerprint density at radius 3 is 2.66 bits per heavy atom. The number of carbonyl (C=O) groups excluding carboxylic acids is 1. The lowest BCUT2D eigenvalue weighted by Gasteiger charge is -2.29. The molecule has 0 saturated carbocycles. The smallest absolute Gasteiger partial charge is 0.255 e. The lowest BCUT2D eigenvalue weighted by molar-refractivity contribution is 0.0734. The van der Waals surface area contributed by atoms with E-state index < -0.39 is 0 Å². The first-order valence-corrected chi connectivity index (χ1v) is 9.94. The van der Waals surface area contributed by atoms with Gasteiger partial charge in [0.15, 0.2) is 0 Å². The van der Waals surface area contributed by atoms with Crippen molar-refractivity contribution < 1.29 is 9.53 Å². The molecule has 29 heavy (non-hydrogen) atoms. The molecule has 0 bridgehead atoms. The second-order valence-electron chi connectivity index (χ2n) is 7.50. The van der Waals surface area contributed by atoms with Gasteiger partial charge >= 0.3 is 0 Å². The molecule has 1 aliphatic rings. The van der Waals surface area contributed by atoms with Gasteiger partial charge in [-0.05, 0) is 49.6 Å². The first-order valence-electron chi connectivity index (χ1n) is 9.94. The van der Waals surface area contributed by atoms with Crippen LogP contribution in [0.3, 0.4) is 0 Å². The zero-order valence-electron chi connectivity index (χ0n) is 16.8. The van der Waals surface area contributed by atoms with E-state index >= 15 is 0 Å². The van der Waals surface area contributed by atoms with E-state index in [1.807, 2.05) is 55.1 Å². The maximum absolute atomic E-state index is 13.1. The van der Waals surface area contributed by atoms with Gasteiger partial charge in [0.1, 0.15) is 5.75 Å². The van der Waals surface area contributed by atoms with Crippen LogP contribution in [0.4, 0.5) is 11.4 Å². The standard InChI is InChI=1S/C24H25N3O2/c1-17(2)29-23-10-6-5-9-22(23)26-21-13-20(14-25-15-21)24(28)27-12-11-18-7-3-4-8-19(18)16-27/h3-10,13-15,17,26H,11-12,16H2,1-2H3. The number of hydrogen-bond donors (Lipinski definition) is 1. The van der Waals surface area contributed by atoms with Gasteiger partial charge in [-0.1, -0.05) is 36.4 Å². The Hall–Kier alpha value is -3.34. The number of anilines is 2. The van der Waals surface area contributed by atoms with E-state index in [1.165, 1.54) is 11.1 Å². The number of benzene rings is 2. The summed E-state index contributed by atoms with van der Waals surface area (Å²) in [5, 5.41) is 3.33. The number of para-hydroxylation sites is 2. The van der Waals surface area contributed by atoms with Crippen molar-refractivity contribution in [1.29, 1.82) is 0 Å². The molecule has 0 fully saturated rings. The molecule has 5 heteroatoms. The molecule has 1 aromatic heterocycles. The van der Waals surface area contributed by atoms with Crippen LogP contribution in [0.5, 0.6) is 5.75 Å². The lowest BCUT2D eigenvalue weighted by atomic mass is 9.99. The summed E-state index contributed by atoms with van der Waals surface area (Å²) in [5.74, 6) is 0.772. The fraction of sp³-hybridized carbons (Fsp3) is 0.250. The minimum Gasteiger partial charge on any atom is -0.489 e. The highest BCUT2D eigenvalue weighted by Gasteiger charge is 2.22. The van der Waals surface area contributed by atoms with E-state index in [0.29, 0.717) is 12.1 Å². The number of rotatable bonds is 5. The van der Waals surface area contributed by atoms with Crippen molar-refractivity contribution in [3.05, 3.63) is 83.7 Å². The van der Waals surface area contributed by atoms with Crippen molar-refractivity contribution in [2.45, 2.75) is 32.9 Å². The fourth-order valence-corrected chi connectivity index (χ4v) is 3.56. The molecule has 2 heterocycles. The molecular weight excluding hydrogens is 362 g/mol. The highest BCUT2D eigenvalue weighted by atomic mass is 16.5. The van der Waals surface area contributed by atoms with Crippen LogP contribution in [0.15, 0.2) is 67.0 Å². The molecule has 1 N–H and O–H groups in total. The number of ether oxygens (including phenoxy) is 1. The van der Waals surface area contributed by atoms with Gasteiger partial charge in [-0.25, -0.2) is 0 Å². The number of hydrogen-bond acceptors (Lipinski definition) is 4. The number of fused-ring (bicyclic) bond motifs is 1. The average molecular weight is 387 g/mol. The predicted octanol–water partition coefficient (Wildman–Crippen LogP) is 4.81. The van der Waals surface area contributed by atoms with Crippen LogP contribution >= 0.6 is 0 Å². The molecule has 0 atom stereocenters.